The zero-order valence-electron chi connectivity index (χ0n) is 27.1. The lowest BCUT2D eigenvalue weighted by Gasteiger charge is -2.24. The highest BCUT2D eigenvalue weighted by molar-refractivity contribution is 7.85. The predicted octanol–water partition coefficient (Wildman–Crippen LogP) is 12.3. The Hall–Kier alpha value is -5.65. The highest BCUT2D eigenvalue weighted by atomic mass is 31.2. The molecule has 9 aromatic carbocycles. The van der Waals surface area contributed by atoms with Crippen molar-refractivity contribution in [3.8, 4) is 0 Å². The molecule has 0 radical (unpaired) electrons. The number of fused-ring (bicyclic) bond motifs is 12. The molecule has 9 aromatic rings. The van der Waals surface area contributed by atoms with Crippen LogP contribution < -0.4 is 15.9 Å². The molecule has 0 amide bonds. The van der Waals surface area contributed by atoms with Crippen LogP contribution in [0.15, 0.2) is 152 Å². The molecule has 0 heterocycles. The third kappa shape index (κ3) is 4.91. The van der Waals surface area contributed by atoms with Gasteiger partial charge in [-0.25, -0.2) is 0 Å². The van der Waals surface area contributed by atoms with E-state index in [9.17, 15) is 26.3 Å². The fourth-order valence-corrected chi connectivity index (χ4v) is 10.5. The Morgan fingerprint density at radius 2 is 0.577 bits per heavy atom. The van der Waals surface area contributed by atoms with Gasteiger partial charge in [-0.2, -0.15) is 26.3 Å². The second-order valence-corrected chi connectivity index (χ2v) is 15.8. The highest BCUT2D eigenvalue weighted by Gasteiger charge is 2.40. The molecule has 0 unspecified atom stereocenters. The summed E-state index contributed by atoms with van der Waals surface area (Å²) in [6, 6.07) is 42.3. The van der Waals surface area contributed by atoms with Crippen LogP contribution in [0.1, 0.15) is 11.1 Å². The molecule has 0 saturated heterocycles. The molecule has 0 fully saturated rings. The molecule has 0 atom stereocenters. The summed E-state index contributed by atoms with van der Waals surface area (Å²) in [6.45, 7) is 0. The van der Waals surface area contributed by atoms with E-state index in [2.05, 4.69) is 0 Å². The third-order valence-corrected chi connectivity index (χ3v) is 13.1. The molecule has 0 bridgehead atoms. The Morgan fingerprint density at radius 1 is 0.308 bits per heavy atom. The van der Waals surface area contributed by atoms with Crippen molar-refractivity contribution in [1.29, 1.82) is 0 Å². The molecule has 52 heavy (non-hydrogen) atoms. The Bertz CT molecular complexity index is 2710. The maximum Gasteiger partial charge on any atom is 0.416 e. The fraction of sp³-hybridized carbons (Fsp3) is 0.0455. The summed E-state index contributed by atoms with van der Waals surface area (Å²) < 4.78 is 102. The van der Waals surface area contributed by atoms with Crippen molar-refractivity contribution in [1.82, 2.24) is 0 Å². The zero-order chi connectivity index (χ0) is 36.0. The van der Waals surface area contributed by atoms with E-state index >= 15 is 4.57 Å². The number of hydrogen-bond acceptors (Lipinski definition) is 1. The molecular formula is C44H25F6OP. The average Bonchev–Trinajstić information content (AvgIpc) is 3.16. The normalized spacial score (nSPS) is 12.9. The molecule has 8 heteroatoms. The lowest BCUT2D eigenvalue weighted by molar-refractivity contribution is -0.142. The summed E-state index contributed by atoms with van der Waals surface area (Å²) in [5.41, 5.74) is -3.04. The first-order chi connectivity index (χ1) is 24.9. The summed E-state index contributed by atoms with van der Waals surface area (Å²) in [5, 5.41) is 9.99. The van der Waals surface area contributed by atoms with Crippen LogP contribution in [-0.2, 0) is 16.9 Å². The smallest absolute Gasteiger partial charge is 0.309 e. The van der Waals surface area contributed by atoms with Crippen LogP contribution in [0.25, 0.3) is 64.6 Å². The molecule has 0 aliphatic heterocycles. The van der Waals surface area contributed by atoms with Gasteiger partial charge < -0.3 is 4.57 Å². The molecule has 0 N–H and O–H groups in total. The molecule has 9 rings (SSSR count). The van der Waals surface area contributed by atoms with Crippen molar-refractivity contribution in [2.45, 2.75) is 12.4 Å². The molecule has 254 valence electrons. The SMILES string of the molecule is O=P(c1cc(C(F)(F)F)cc(C(F)(F)F)c1)(c1ccc2c3ccccc3c3ccccc3c2c1)c1ccc2c3ccccc3c3ccccc3c2c1. The van der Waals surface area contributed by atoms with Crippen LogP contribution >= 0.6 is 7.14 Å². The van der Waals surface area contributed by atoms with Crippen molar-refractivity contribution in [3.63, 3.8) is 0 Å². The highest BCUT2D eigenvalue weighted by Crippen LogP contribution is 2.48. The first-order valence-corrected chi connectivity index (χ1v) is 18.2. The van der Waals surface area contributed by atoms with Gasteiger partial charge in [-0.1, -0.05) is 121 Å². The number of alkyl halides is 6. The minimum Gasteiger partial charge on any atom is -0.309 e. The molecule has 0 saturated carbocycles. The van der Waals surface area contributed by atoms with Gasteiger partial charge in [-0.3, -0.25) is 0 Å². The second-order valence-electron chi connectivity index (χ2n) is 13.0. The van der Waals surface area contributed by atoms with Crippen LogP contribution in [0, 0.1) is 0 Å². The van der Waals surface area contributed by atoms with E-state index in [0.29, 0.717) is 22.9 Å². The van der Waals surface area contributed by atoms with E-state index in [1.165, 1.54) is 0 Å². The van der Waals surface area contributed by atoms with Gasteiger partial charge in [-0.05, 0) is 95.0 Å². The van der Waals surface area contributed by atoms with Gasteiger partial charge in [0.05, 0.1) is 11.1 Å². The van der Waals surface area contributed by atoms with E-state index in [1.807, 2.05) is 97.1 Å². The van der Waals surface area contributed by atoms with Crippen molar-refractivity contribution in [2.24, 2.45) is 0 Å². The van der Waals surface area contributed by atoms with E-state index in [0.717, 1.165) is 53.9 Å². The minimum absolute atomic E-state index is 0.0773. The van der Waals surface area contributed by atoms with Crippen LogP contribution in [0.3, 0.4) is 0 Å². The van der Waals surface area contributed by atoms with Gasteiger partial charge in [0.25, 0.3) is 0 Å². The van der Waals surface area contributed by atoms with Crippen molar-refractivity contribution < 1.29 is 30.9 Å². The summed E-state index contributed by atoms with van der Waals surface area (Å²) in [6.07, 6.45) is -10.3. The Morgan fingerprint density at radius 3 is 0.865 bits per heavy atom. The molecular weight excluding hydrogens is 689 g/mol. The number of halogens is 6. The van der Waals surface area contributed by atoms with E-state index in [1.54, 1.807) is 36.4 Å². The lowest BCUT2D eigenvalue weighted by atomic mass is 9.94. The average molecular weight is 715 g/mol. The number of hydrogen-bond donors (Lipinski definition) is 0. The molecule has 0 aliphatic rings. The maximum absolute atomic E-state index is 16.1. The van der Waals surface area contributed by atoms with Crippen LogP contribution in [-0.4, -0.2) is 0 Å². The first-order valence-electron chi connectivity index (χ1n) is 16.5. The second kappa shape index (κ2) is 11.4. The standard InChI is InChI=1S/C44H25F6OP/c45-43(46,47)26-21-27(44(48,49)50)23-30(22-26)52(51,28-17-19-39-35-13-3-1-9-31(35)33-11-5-7-15-37(33)41(39)24-28)29-18-20-40-36-14-4-2-10-32(36)34-12-6-8-16-38(34)42(40)25-29/h1-25H. The van der Waals surface area contributed by atoms with Gasteiger partial charge in [0.1, 0.15) is 0 Å². The van der Waals surface area contributed by atoms with Gasteiger partial charge >= 0.3 is 12.4 Å². The van der Waals surface area contributed by atoms with Crippen LogP contribution in [0.2, 0.25) is 0 Å². The van der Waals surface area contributed by atoms with E-state index < -0.39 is 35.9 Å². The topological polar surface area (TPSA) is 17.1 Å². The van der Waals surface area contributed by atoms with Crippen LogP contribution in [0.5, 0.6) is 0 Å². The largest absolute Gasteiger partial charge is 0.416 e. The quantitative estimate of drug-likeness (QED) is 0.101. The lowest BCUT2D eigenvalue weighted by Crippen LogP contribution is -2.27. The molecule has 0 spiro atoms. The van der Waals surface area contributed by atoms with Gasteiger partial charge in [-0.15, -0.1) is 0 Å². The predicted molar refractivity (Wildman–Crippen MR) is 201 cm³/mol. The Balaban J connectivity index is 1.42. The van der Waals surface area contributed by atoms with Gasteiger partial charge in [0, 0.05) is 15.9 Å². The first kappa shape index (κ1) is 32.3. The fourth-order valence-electron chi connectivity index (χ4n) is 7.75. The number of benzene rings is 9. The Labute approximate surface area is 293 Å². The van der Waals surface area contributed by atoms with Gasteiger partial charge in [0.2, 0.25) is 0 Å². The summed E-state index contributed by atoms with van der Waals surface area (Å²) in [4.78, 5) is 0. The minimum atomic E-state index is -5.13. The third-order valence-electron chi connectivity index (χ3n) is 10.1. The van der Waals surface area contributed by atoms with Gasteiger partial charge in [0.15, 0.2) is 7.14 Å². The van der Waals surface area contributed by atoms with Crippen molar-refractivity contribution in [3.05, 3.63) is 163 Å². The summed E-state index contributed by atoms with van der Waals surface area (Å²) in [5.74, 6) is 0. The molecule has 0 aromatic heterocycles. The maximum atomic E-state index is 16.1. The van der Waals surface area contributed by atoms with Crippen LogP contribution in [0.4, 0.5) is 26.3 Å². The zero-order valence-corrected chi connectivity index (χ0v) is 28.0. The van der Waals surface area contributed by atoms with E-state index in [4.69, 9.17) is 0 Å². The van der Waals surface area contributed by atoms with Crippen molar-refractivity contribution >= 4 is 87.7 Å². The summed E-state index contributed by atoms with van der Waals surface area (Å²) >= 11 is 0. The Kier molecular flexibility index (Phi) is 7.09. The molecule has 1 nitrogen and oxygen atoms in total. The number of rotatable bonds is 3. The van der Waals surface area contributed by atoms with E-state index in [-0.39, 0.29) is 16.7 Å². The summed E-state index contributed by atoms with van der Waals surface area (Å²) in [7, 11) is -4.45. The van der Waals surface area contributed by atoms with Crippen molar-refractivity contribution in [2.75, 3.05) is 0 Å². The monoisotopic (exact) mass is 714 g/mol. The molecule has 0 aliphatic carbocycles.